The van der Waals surface area contributed by atoms with Crippen molar-refractivity contribution < 1.29 is 4.79 Å². The lowest BCUT2D eigenvalue weighted by molar-refractivity contribution is 0.232. The van der Waals surface area contributed by atoms with E-state index in [-0.39, 0.29) is 12.1 Å². The molecule has 0 saturated carbocycles. The Morgan fingerprint density at radius 2 is 1.71 bits per heavy atom. The van der Waals surface area contributed by atoms with Gasteiger partial charge in [-0.05, 0) is 36.9 Å². The van der Waals surface area contributed by atoms with Crippen molar-refractivity contribution in [3.63, 3.8) is 0 Å². The first-order valence-electron chi connectivity index (χ1n) is 9.41. The summed E-state index contributed by atoms with van der Waals surface area (Å²) in [5.74, 6) is 0. The zero-order valence-corrected chi connectivity index (χ0v) is 16.4. The summed E-state index contributed by atoms with van der Waals surface area (Å²) in [4.78, 5) is 14.5. The van der Waals surface area contributed by atoms with E-state index in [1.165, 1.54) is 5.56 Å². The minimum absolute atomic E-state index is 0.124. The lowest BCUT2D eigenvalue weighted by atomic mass is 10.1. The highest BCUT2D eigenvalue weighted by Gasteiger charge is 2.15. The largest absolute Gasteiger partial charge is 0.336 e. The molecule has 1 heterocycles. The zero-order chi connectivity index (χ0) is 19.8. The highest BCUT2D eigenvalue weighted by Crippen LogP contribution is 2.16. The summed E-state index contributed by atoms with van der Waals surface area (Å²) < 4.78 is 1.88. The number of amides is 2. The van der Waals surface area contributed by atoms with Gasteiger partial charge in [-0.25, -0.2) is 4.79 Å². The molecule has 0 bridgehead atoms. The van der Waals surface area contributed by atoms with Crippen molar-refractivity contribution in [1.82, 2.24) is 25.3 Å². The molecule has 6 nitrogen and oxygen atoms in total. The van der Waals surface area contributed by atoms with Crippen molar-refractivity contribution in [2.24, 2.45) is 0 Å². The van der Waals surface area contributed by atoms with Gasteiger partial charge in [0.1, 0.15) is 0 Å². The molecule has 2 aromatic carbocycles. The van der Waals surface area contributed by atoms with Gasteiger partial charge in [-0.1, -0.05) is 54.6 Å². The molecule has 0 aliphatic carbocycles. The molecule has 0 saturated heterocycles. The van der Waals surface area contributed by atoms with Crippen LogP contribution in [-0.2, 0) is 13.1 Å². The van der Waals surface area contributed by atoms with Gasteiger partial charge in [0.2, 0.25) is 0 Å². The highest BCUT2D eigenvalue weighted by molar-refractivity contribution is 5.73. The maximum atomic E-state index is 12.3. The molecule has 3 aromatic rings. The number of aromatic nitrogens is 2. The summed E-state index contributed by atoms with van der Waals surface area (Å²) in [6.07, 6.45) is 3.70. The number of hydrogen-bond acceptors (Lipinski definition) is 3. The second-order valence-electron chi connectivity index (χ2n) is 6.93. The van der Waals surface area contributed by atoms with Crippen molar-refractivity contribution in [1.29, 1.82) is 0 Å². The van der Waals surface area contributed by atoms with Crippen LogP contribution in [0.2, 0.25) is 0 Å². The summed E-state index contributed by atoms with van der Waals surface area (Å²) in [5.41, 5.74) is 3.40. The first kappa shape index (κ1) is 19.6. The molecular formula is C22H27N5O. The molecule has 0 aliphatic heterocycles. The molecule has 28 heavy (non-hydrogen) atoms. The van der Waals surface area contributed by atoms with Crippen LogP contribution in [-0.4, -0.2) is 41.4 Å². The minimum Gasteiger partial charge on any atom is -0.336 e. The van der Waals surface area contributed by atoms with Crippen molar-refractivity contribution >= 4 is 6.03 Å². The number of carbonyl (C=O) groups excluding carboxylic acids is 1. The van der Waals surface area contributed by atoms with Crippen LogP contribution in [0.4, 0.5) is 4.79 Å². The third kappa shape index (κ3) is 5.44. The molecule has 146 valence electrons. The van der Waals surface area contributed by atoms with Crippen molar-refractivity contribution in [3.05, 3.63) is 89.7 Å². The van der Waals surface area contributed by atoms with E-state index in [9.17, 15) is 4.79 Å². The van der Waals surface area contributed by atoms with E-state index in [1.807, 2.05) is 67.4 Å². The summed E-state index contributed by atoms with van der Waals surface area (Å²) in [6, 6.07) is 20.1. The Hall–Kier alpha value is -3.12. The summed E-state index contributed by atoms with van der Waals surface area (Å²) in [5, 5.41) is 10.2. The third-order valence-electron chi connectivity index (χ3n) is 4.71. The number of benzene rings is 2. The van der Waals surface area contributed by atoms with E-state index in [4.69, 9.17) is 0 Å². The number of likely N-dealkylation sites (N-methyl/N-ethyl adjacent to an activating group) is 1. The topological polar surface area (TPSA) is 62.2 Å². The van der Waals surface area contributed by atoms with Crippen LogP contribution >= 0.6 is 0 Å². The van der Waals surface area contributed by atoms with Gasteiger partial charge >= 0.3 is 6.03 Å². The molecule has 0 fully saturated rings. The second kappa shape index (κ2) is 9.71. The van der Waals surface area contributed by atoms with Crippen LogP contribution in [0.3, 0.4) is 0 Å². The van der Waals surface area contributed by atoms with E-state index in [1.54, 1.807) is 6.20 Å². The molecule has 1 atom stereocenters. The fourth-order valence-electron chi connectivity index (χ4n) is 3.15. The quantitative estimate of drug-likeness (QED) is 0.634. The molecule has 1 aromatic heterocycles. The Kier molecular flexibility index (Phi) is 6.81. The van der Waals surface area contributed by atoms with E-state index >= 15 is 0 Å². The minimum atomic E-state index is -0.170. The Labute approximate surface area is 166 Å². The van der Waals surface area contributed by atoms with E-state index in [0.29, 0.717) is 19.6 Å². The number of hydrogen-bond donors (Lipinski definition) is 2. The monoisotopic (exact) mass is 377 g/mol. The normalized spacial score (nSPS) is 12.0. The first-order chi connectivity index (χ1) is 13.6. The first-order valence-corrected chi connectivity index (χ1v) is 9.41. The highest BCUT2D eigenvalue weighted by atomic mass is 16.2. The standard InChI is InChI=1S/C22H27N5O/c1-26(2)21(18-9-4-3-5-10-18)16-24-22(28)23-15-19-11-6-7-12-20(19)17-27-14-8-13-25-27/h3-14,21H,15-17H2,1-2H3,(H2,23,24,28). The van der Waals surface area contributed by atoms with Gasteiger partial charge in [-0.2, -0.15) is 5.10 Å². The van der Waals surface area contributed by atoms with E-state index in [2.05, 4.69) is 38.8 Å². The molecule has 0 aliphatic rings. The second-order valence-corrected chi connectivity index (χ2v) is 6.93. The number of nitrogens with one attached hydrogen (secondary N) is 2. The smallest absolute Gasteiger partial charge is 0.315 e. The molecular weight excluding hydrogens is 350 g/mol. The van der Waals surface area contributed by atoms with Gasteiger partial charge in [-0.15, -0.1) is 0 Å². The fraction of sp³-hybridized carbons (Fsp3) is 0.273. The number of urea groups is 1. The van der Waals surface area contributed by atoms with Gasteiger partial charge in [0.15, 0.2) is 0 Å². The third-order valence-corrected chi connectivity index (χ3v) is 4.71. The molecule has 2 amide bonds. The fourth-order valence-corrected chi connectivity index (χ4v) is 3.15. The van der Waals surface area contributed by atoms with Crippen molar-refractivity contribution in [3.8, 4) is 0 Å². The maximum absolute atomic E-state index is 12.3. The Morgan fingerprint density at radius 1 is 1.00 bits per heavy atom. The summed E-state index contributed by atoms with van der Waals surface area (Å²) in [7, 11) is 4.03. The predicted molar refractivity (Wildman–Crippen MR) is 111 cm³/mol. The van der Waals surface area contributed by atoms with Gasteiger partial charge in [0, 0.05) is 25.5 Å². The number of rotatable bonds is 8. The molecule has 0 spiro atoms. The summed E-state index contributed by atoms with van der Waals surface area (Å²) in [6.45, 7) is 1.70. The van der Waals surface area contributed by atoms with Crippen LogP contribution in [0.25, 0.3) is 0 Å². The predicted octanol–water partition coefficient (Wildman–Crippen LogP) is 3.03. The molecule has 1 unspecified atom stereocenters. The van der Waals surface area contributed by atoms with Crippen LogP contribution in [0, 0.1) is 0 Å². The van der Waals surface area contributed by atoms with Gasteiger partial charge in [-0.3, -0.25) is 4.68 Å². The summed E-state index contributed by atoms with van der Waals surface area (Å²) >= 11 is 0. The zero-order valence-electron chi connectivity index (χ0n) is 16.4. The van der Waals surface area contributed by atoms with Gasteiger partial charge in [0.05, 0.1) is 12.6 Å². The molecule has 6 heteroatoms. The molecule has 0 radical (unpaired) electrons. The lowest BCUT2D eigenvalue weighted by Gasteiger charge is -2.25. The Balaban J connectivity index is 1.54. The SMILES string of the molecule is CN(C)C(CNC(=O)NCc1ccccc1Cn1cccn1)c1ccccc1. The molecule has 2 N–H and O–H groups in total. The maximum Gasteiger partial charge on any atom is 0.315 e. The molecule has 3 rings (SSSR count). The van der Waals surface area contributed by atoms with Crippen LogP contribution in [0.15, 0.2) is 73.1 Å². The average molecular weight is 377 g/mol. The van der Waals surface area contributed by atoms with Gasteiger partial charge < -0.3 is 15.5 Å². The van der Waals surface area contributed by atoms with Gasteiger partial charge in [0.25, 0.3) is 0 Å². The number of nitrogens with zero attached hydrogens (tertiary/aromatic N) is 3. The van der Waals surface area contributed by atoms with E-state index < -0.39 is 0 Å². The van der Waals surface area contributed by atoms with Crippen LogP contribution in [0.1, 0.15) is 22.7 Å². The van der Waals surface area contributed by atoms with E-state index in [0.717, 1.165) is 11.1 Å². The van der Waals surface area contributed by atoms with Crippen molar-refractivity contribution in [2.45, 2.75) is 19.1 Å². The van der Waals surface area contributed by atoms with Crippen LogP contribution in [0.5, 0.6) is 0 Å². The lowest BCUT2D eigenvalue weighted by Crippen LogP contribution is -2.40. The van der Waals surface area contributed by atoms with Crippen molar-refractivity contribution in [2.75, 3.05) is 20.6 Å². The Bertz CT molecular complexity index is 862. The average Bonchev–Trinajstić information content (AvgIpc) is 3.21. The number of carbonyl (C=O) groups is 1. The Morgan fingerprint density at radius 3 is 2.39 bits per heavy atom. The van der Waals surface area contributed by atoms with Crippen LogP contribution < -0.4 is 10.6 Å².